The number of hydrogen-bond acceptors (Lipinski definition) is 6. The van der Waals surface area contributed by atoms with Gasteiger partial charge < -0.3 is 25.1 Å². The third-order valence-corrected chi connectivity index (χ3v) is 7.68. The van der Waals surface area contributed by atoms with Crippen molar-refractivity contribution in [3.05, 3.63) is 20.9 Å². The van der Waals surface area contributed by atoms with E-state index in [1.54, 1.807) is 7.11 Å². The molecule has 148 valence electrons. The minimum atomic E-state index is -0.852. The minimum Gasteiger partial charge on any atom is -0.364 e. The monoisotopic (exact) mass is 383 g/mol. The molecule has 1 saturated heterocycles. The number of aryl methyl sites for hydroxylation is 1. The Balaban J connectivity index is 1.76. The van der Waals surface area contributed by atoms with Crippen molar-refractivity contribution in [2.45, 2.75) is 70.4 Å². The molecule has 1 aliphatic heterocycles. The zero-order valence-corrected chi connectivity index (χ0v) is 17.1. The molecule has 5 nitrogen and oxygen atoms in total. The van der Waals surface area contributed by atoms with Crippen molar-refractivity contribution in [1.82, 2.24) is 0 Å². The standard InChI is InChI=1S/C20H33NO4S/c1-13(15-6-8-20(9-7-15)24-11-12-25-20)18-14(2)17(19(22)23-3)16(26-18)5-4-10-21/h13,15,19,22H,4-12,21H2,1-3H3/t13-,19?/m1/s1. The van der Waals surface area contributed by atoms with Gasteiger partial charge in [-0.25, -0.2) is 0 Å². The topological polar surface area (TPSA) is 73.9 Å². The summed E-state index contributed by atoms with van der Waals surface area (Å²) in [5.41, 5.74) is 7.85. The summed E-state index contributed by atoms with van der Waals surface area (Å²) in [6.45, 7) is 6.57. The van der Waals surface area contributed by atoms with Gasteiger partial charge in [0.05, 0.1) is 13.2 Å². The highest BCUT2D eigenvalue weighted by Crippen LogP contribution is 2.47. The fraction of sp³-hybridized carbons (Fsp3) is 0.800. The van der Waals surface area contributed by atoms with Crippen LogP contribution < -0.4 is 5.73 Å². The van der Waals surface area contributed by atoms with E-state index in [9.17, 15) is 5.11 Å². The first kappa shape index (κ1) is 20.2. The SMILES string of the molecule is COC(O)c1c(CCCN)sc([C@H](C)C2CCC3(CC2)OCCO3)c1C. The first-order valence-electron chi connectivity index (χ1n) is 9.82. The molecule has 1 saturated carbocycles. The van der Waals surface area contributed by atoms with E-state index in [0.29, 0.717) is 18.4 Å². The average molecular weight is 384 g/mol. The predicted octanol–water partition coefficient (Wildman–Crippen LogP) is 3.62. The quantitative estimate of drug-likeness (QED) is 0.704. The summed E-state index contributed by atoms with van der Waals surface area (Å²) in [5, 5.41) is 10.4. The lowest BCUT2D eigenvalue weighted by Crippen LogP contribution is -2.36. The lowest BCUT2D eigenvalue weighted by molar-refractivity contribution is -0.183. The summed E-state index contributed by atoms with van der Waals surface area (Å²) in [6, 6.07) is 0. The number of rotatable bonds is 7. The molecule has 0 bridgehead atoms. The van der Waals surface area contributed by atoms with Gasteiger partial charge in [-0.1, -0.05) is 6.92 Å². The van der Waals surface area contributed by atoms with Crippen LogP contribution in [0.5, 0.6) is 0 Å². The number of aliphatic hydroxyl groups excluding tert-OH is 1. The van der Waals surface area contributed by atoms with E-state index in [-0.39, 0.29) is 5.79 Å². The molecule has 1 aromatic heterocycles. The summed E-state index contributed by atoms with van der Waals surface area (Å²) in [7, 11) is 1.56. The van der Waals surface area contributed by atoms with Crippen molar-refractivity contribution in [3.8, 4) is 0 Å². The van der Waals surface area contributed by atoms with Crippen LogP contribution in [-0.2, 0) is 20.6 Å². The highest BCUT2D eigenvalue weighted by Gasteiger charge is 2.42. The lowest BCUT2D eigenvalue weighted by atomic mass is 9.77. The van der Waals surface area contributed by atoms with Gasteiger partial charge in [0.15, 0.2) is 12.1 Å². The number of hydrogen-bond donors (Lipinski definition) is 2. The van der Waals surface area contributed by atoms with Gasteiger partial charge in [-0.2, -0.15) is 0 Å². The Bertz CT molecular complexity index is 587. The van der Waals surface area contributed by atoms with Gasteiger partial charge in [0.1, 0.15) is 0 Å². The van der Waals surface area contributed by atoms with Crippen molar-refractivity contribution in [2.24, 2.45) is 11.7 Å². The van der Waals surface area contributed by atoms with Gasteiger partial charge >= 0.3 is 0 Å². The molecule has 1 spiro atoms. The average Bonchev–Trinajstić information content (AvgIpc) is 3.24. The Morgan fingerprint density at radius 2 is 1.96 bits per heavy atom. The van der Waals surface area contributed by atoms with Crippen molar-refractivity contribution in [3.63, 3.8) is 0 Å². The van der Waals surface area contributed by atoms with Crippen LogP contribution in [0.3, 0.4) is 0 Å². The Morgan fingerprint density at radius 1 is 1.31 bits per heavy atom. The molecule has 1 unspecified atom stereocenters. The molecular weight excluding hydrogens is 350 g/mol. The first-order valence-corrected chi connectivity index (χ1v) is 10.6. The van der Waals surface area contributed by atoms with Gasteiger partial charge in [0.25, 0.3) is 0 Å². The van der Waals surface area contributed by atoms with Crippen LogP contribution in [0.4, 0.5) is 0 Å². The number of thiophene rings is 1. The molecule has 1 aromatic rings. The highest BCUT2D eigenvalue weighted by atomic mass is 32.1. The summed E-state index contributed by atoms with van der Waals surface area (Å²) < 4.78 is 17.0. The van der Waals surface area contributed by atoms with Gasteiger partial charge in [0, 0.05) is 35.3 Å². The third kappa shape index (κ3) is 4.01. The molecule has 2 fully saturated rings. The third-order valence-electron chi connectivity index (χ3n) is 6.11. The van der Waals surface area contributed by atoms with Gasteiger partial charge in [-0.05, 0) is 56.6 Å². The van der Waals surface area contributed by atoms with Gasteiger partial charge in [0.2, 0.25) is 0 Å². The van der Waals surface area contributed by atoms with E-state index in [1.807, 2.05) is 11.3 Å². The smallest absolute Gasteiger partial charge is 0.182 e. The van der Waals surface area contributed by atoms with Crippen LogP contribution in [0, 0.1) is 12.8 Å². The molecule has 26 heavy (non-hydrogen) atoms. The Morgan fingerprint density at radius 3 is 2.54 bits per heavy atom. The van der Waals surface area contributed by atoms with E-state index < -0.39 is 6.29 Å². The molecule has 3 N–H and O–H groups in total. The van der Waals surface area contributed by atoms with Crippen LogP contribution in [0.15, 0.2) is 0 Å². The molecule has 2 atom stereocenters. The van der Waals surface area contributed by atoms with Crippen molar-refractivity contribution in [2.75, 3.05) is 26.9 Å². The maximum Gasteiger partial charge on any atom is 0.182 e. The maximum atomic E-state index is 10.4. The molecule has 2 heterocycles. The summed E-state index contributed by atoms with van der Waals surface area (Å²) in [4.78, 5) is 2.61. The van der Waals surface area contributed by atoms with Crippen molar-refractivity contribution in [1.29, 1.82) is 0 Å². The fourth-order valence-corrected chi connectivity index (χ4v) is 6.03. The van der Waals surface area contributed by atoms with Crippen LogP contribution in [-0.4, -0.2) is 37.8 Å². The molecule has 2 aliphatic rings. The molecule has 0 amide bonds. The molecule has 1 aliphatic carbocycles. The zero-order valence-electron chi connectivity index (χ0n) is 16.3. The number of ether oxygens (including phenoxy) is 3. The second-order valence-corrected chi connectivity index (χ2v) is 8.78. The van der Waals surface area contributed by atoms with Gasteiger partial charge in [-0.15, -0.1) is 11.3 Å². The van der Waals surface area contributed by atoms with E-state index in [4.69, 9.17) is 19.9 Å². The highest BCUT2D eigenvalue weighted by molar-refractivity contribution is 7.12. The molecule has 0 aromatic carbocycles. The van der Waals surface area contributed by atoms with E-state index in [2.05, 4.69) is 13.8 Å². The largest absolute Gasteiger partial charge is 0.364 e. The summed E-state index contributed by atoms with van der Waals surface area (Å²) in [6.07, 6.45) is 5.20. The Labute approximate surface area is 160 Å². The zero-order chi connectivity index (χ0) is 18.7. The van der Waals surface area contributed by atoms with E-state index >= 15 is 0 Å². The number of methoxy groups -OCH3 is 1. The number of aliphatic hydroxyl groups is 1. The minimum absolute atomic E-state index is 0.301. The fourth-order valence-electron chi connectivity index (χ4n) is 4.51. The lowest BCUT2D eigenvalue weighted by Gasteiger charge is -2.37. The predicted molar refractivity (Wildman–Crippen MR) is 103 cm³/mol. The molecular formula is C20H33NO4S. The Hall–Kier alpha value is -0.500. The maximum absolute atomic E-state index is 10.4. The second kappa shape index (κ2) is 8.67. The van der Waals surface area contributed by atoms with Crippen molar-refractivity contribution >= 4 is 11.3 Å². The summed E-state index contributed by atoms with van der Waals surface area (Å²) >= 11 is 1.84. The normalized spacial score (nSPS) is 22.8. The number of nitrogens with two attached hydrogens (primary N) is 1. The van der Waals surface area contributed by atoms with Crippen molar-refractivity contribution < 1.29 is 19.3 Å². The van der Waals surface area contributed by atoms with Gasteiger partial charge in [-0.3, -0.25) is 0 Å². The molecule has 3 rings (SSSR count). The van der Waals surface area contributed by atoms with Crippen LogP contribution in [0.25, 0.3) is 0 Å². The van der Waals surface area contributed by atoms with Crippen LogP contribution in [0.2, 0.25) is 0 Å². The molecule has 0 radical (unpaired) electrons. The Kier molecular flexibility index (Phi) is 6.75. The second-order valence-electron chi connectivity index (χ2n) is 7.64. The summed E-state index contributed by atoms with van der Waals surface area (Å²) in [5.74, 6) is 0.790. The molecule has 6 heteroatoms. The van der Waals surface area contributed by atoms with Crippen LogP contribution >= 0.6 is 11.3 Å². The first-order chi connectivity index (χ1) is 12.5. The van der Waals surface area contributed by atoms with E-state index in [0.717, 1.165) is 57.3 Å². The van der Waals surface area contributed by atoms with Crippen LogP contribution in [0.1, 0.15) is 72.1 Å². The van der Waals surface area contributed by atoms with E-state index in [1.165, 1.54) is 15.3 Å².